The number of fused-ring (bicyclic) bond motifs is 4. The largest absolute Gasteiger partial charge is 0.449 e. The smallest absolute Gasteiger partial charge is 0.404 e. The minimum absolute atomic E-state index is 0.0310. The lowest BCUT2D eigenvalue weighted by molar-refractivity contribution is -0.155. The van der Waals surface area contributed by atoms with Crippen LogP contribution in [0.5, 0.6) is 0 Å². The Morgan fingerprint density at radius 1 is 0.900 bits per heavy atom. The van der Waals surface area contributed by atoms with Gasteiger partial charge in [-0.25, -0.2) is 4.79 Å². The number of nitrogens with two attached hydrogens (primary N) is 3. The van der Waals surface area contributed by atoms with Gasteiger partial charge in [-0.3, -0.25) is 28.8 Å². The number of hydrogen-bond acceptors (Lipinski definition) is 12. The molecule has 50 heavy (non-hydrogen) atoms. The summed E-state index contributed by atoms with van der Waals surface area (Å²) in [5, 5.41) is 8.05. The fraction of sp³-hybridized carbons (Fsp3) is 0.667. The summed E-state index contributed by atoms with van der Waals surface area (Å²) in [6, 6.07) is -4.99. The number of amides is 5. The van der Waals surface area contributed by atoms with Crippen LogP contribution in [0.2, 0.25) is 0 Å². The summed E-state index contributed by atoms with van der Waals surface area (Å²) in [6.07, 6.45) is -0.533. The van der Waals surface area contributed by atoms with Crippen LogP contribution < -0.4 is 33.2 Å². The number of hydrogen-bond donors (Lipinski definition) is 6. The van der Waals surface area contributed by atoms with Gasteiger partial charge in [-0.05, 0) is 45.4 Å². The molecule has 0 radical (unpaired) electrons. The van der Waals surface area contributed by atoms with Gasteiger partial charge in [-0.1, -0.05) is 27.7 Å². The first kappa shape index (κ1) is 38.3. The number of primary amides is 1. The molecule has 0 aromatic rings. The minimum Gasteiger partial charge on any atom is -0.449 e. The Labute approximate surface area is 291 Å². The van der Waals surface area contributed by atoms with Gasteiger partial charge in [0.05, 0.1) is 29.4 Å². The van der Waals surface area contributed by atoms with Crippen LogP contribution in [-0.2, 0) is 38.2 Å². The molecule has 9 N–H and O–H groups in total. The first-order valence-corrected chi connectivity index (χ1v) is 16.8. The Morgan fingerprint density at radius 3 is 2.02 bits per heavy atom. The van der Waals surface area contributed by atoms with Crippen molar-refractivity contribution in [3.8, 4) is 0 Å². The molecule has 0 aromatic heterocycles. The summed E-state index contributed by atoms with van der Waals surface area (Å²) in [5.74, 6) is -4.18. The highest BCUT2D eigenvalue weighted by atomic mass is 16.6. The van der Waals surface area contributed by atoms with Crippen molar-refractivity contribution in [2.75, 3.05) is 20.3 Å². The molecule has 17 nitrogen and oxygen atoms in total. The van der Waals surface area contributed by atoms with E-state index in [9.17, 15) is 33.6 Å². The Kier molecular flexibility index (Phi) is 11.0. The highest BCUT2D eigenvalue weighted by Gasteiger charge is 2.77. The first-order valence-electron chi connectivity index (χ1n) is 16.8. The zero-order valence-electron chi connectivity index (χ0n) is 29.8. The zero-order valence-corrected chi connectivity index (χ0v) is 29.8. The molecule has 4 aliphatic rings. The van der Waals surface area contributed by atoms with Crippen LogP contribution >= 0.6 is 0 Å². The SMILES string of the molecule is CO[C@]12[C@@H](COC(N)=O)C3=C(C(=O)C(C)=C(N)C3=O)N1C[C@@H]1[C@H]2N1C(=O)C(CC(C)C)NC(=O)C(C)NC(=O)C(CC(C)C)NC(=O)C(C)N. The molecule has 2 saturated heterocycles. The number of rotatable bonds is 14. The number of piperazine rings is 1. The molecule has 276 valence electrons. The van der Waals surface area contributed by atoms with Crippen molar-refractivity contribution in [2.45, 2.75) is 103 Å². The quantitative estimate of drug-likeness (QED) is 0.0893. The van der Waals surface area contributed by atoms with Gasteiger partial charge in [0.25, 0.3) is 0 Å². The van der Waals surface area contributed by atoms with Crippen LogP contribution in [0.15, 0.2) is 22.5 Å². The predicted octanol–water partition coefficient (Wildman–Crippen LogP) is -1.50. The second kappa shape index (κ2) is 14.4. The van der Waals surface area contributed by atoms with Gasteiger partial charge < -0.3 is 52.4 Å². The fourth-order valence-corrected chi connectivity index (χ4v) is 7.33. The number of nitrogens with one attached hydrogen (secondary N) is 3. The average Bonchev–Trinajstić information content (AvgIpc) is 3.53. The average molecular weight is 703 g/mol. The van der Waals surface area contributed by atoms with Crippen molar-refractivity contribution in [1.29, 1.82) is 0 Å². The lowest BCUT2D eigenvalue weighted by Crippen LogP contribution is -2.58. The van der Waals surface area contributed by atoms with E-state index in [-0.39, 0.29) is 47.3 Å². The van der Waals surface area contributed by atoms with E-state index >= 15 is 0 Å². The van der Waals surface area contributed by atoms with E-state index in [0.717, 1.165) is 0 Å². The third-order valence-electron chi connectivity index (χ3n) is 9.77. The Bertz CT molecular complexity index is 1540. The fourth-order valence-electron chi connectivity index (χ4n) is 7.33. The highest BCUT2D eigenvalue weighted by Crippen LogP contribution is 2.59. The monoisotopic (exact) mass is 702 g/mol. The topological polar surface area (TPSA) is 258 Å². The van der Waals surface area contributed by atoms with Crippen molar-refractivity contribution in [3.63, 3.8) is 0 Å². The van der Waals surface area contributed by atoms with Gasteiger partial charge in [-0.15, -0.1) is 0 Å². The van der Waals surface area contributed by atoms with E-state index in [1.165, 1.54) is 27.9 Å². The normalized spacial score (nSPS) is 26.3. The molecular weight excluding hydrogens is 652 g/mol. The van der Waals surface area contributed by atoms with Gasteiger partial charge in [-0.2, -0.15) is 0 Å². The van der Waals surface area contributed by atoms with Crippen LogP contribution in [0.25, 0.3) is 0 Å². The zero-order chi connectivity index (χ0) is 37.6. The molecule has 4 rings (SSSR count). The Balaban J connectivity index is 1.55. The summed E-state index contributed by atoms with van der Waals surface area (Å²) in [4.78, 5) is 94.9. The minimum atomic E-state index is -1.47. The number of nitrogens with zero attached hydrogens (tertiary/aromatic N) is 2. The third kappa shape index (κ3) is 6.80. The Hall–Kier alpha value is -4.51. The van der Waals surface area contributed by atoms with E-state index in [1.807, 2.05) is 27.7 Å². The summed E-state index contributed by atoms with van der Waals surface area (Å²) in [7, 11) is 1.38. The molecule has 8 atom stereocenters. The van der Waals surface area contributed by atoms with Crippen molar-refractivity contribution in [2.24, 2.45) is 35.0 Å². The number of allylic oxidation sites excluding steroid dienone is 2. The van der Waals surface area contributed by atoms with Crippen LogP contribution in [0.3, 0.4) is 0 Å². The van der Waals surface area contributed by atoms with E-state index in [1.54, 1.807) is 9.80 Å². The summed E-state index contributed by atoms with van der Waals surface area (Å²) in [6.45, 7) is 11.7. The van der Waals surface area contributed by atoms with Crippen molar-refractivity contribution in [3.05, 3.63) is 22.5 Å². The summed E-state index contributed by atoms with van der Waals surface area (Å²) in [5.41, 5.74) is 15.5. The van der Waals surface area contributed by atoms with E-state index in [0.29, 0.717) is 6.42 Å². The van der Waals surface area contributed by atoms with Crippen LogP contribution in [0.1, 0.15) is 61.3 Å². The predicted molar refractivity (Wildman–Crippen MR) is 178 cm³/mol. The van der Waals surface area contributed by atoms with Crippen LogP contribution in [0, 0.1) is 17.8 Å². The molecule has 0 bridgehead atoms. The number of carbonyl (C=O) groups excluding carboxylic acids is 7. The molecule has 3 aliphatic heterocycles. The number of ether oxygens (including phenoxy) is 2. The van der Waals surface area contributed by atoms with Crippen molar-refractivity contribution < 1.29 is 43.0 Å². The number of ketones is 2. The number of methoxy groups -OCH3 is 1. The number of carbonyl (C=O) groups is 7. The molecule has 5 amide bonds. The molecule has 17 heteroatoms. The Morgan fingerprint density at radius 2 is 1.48 bits per heavy atom. The molecule has 0 aromatic carbocycles. The third-order valence-corrected chi connectivity index (χ3v) is 9.77. The van der Waals surface area contributed by atoms with Crippen molar-refractivity contribution >= 4 is 41.3 Å². The van der Waals surface area contributed by atoms with Gasteiger partial charge in [0.2, 0.25) is 35.2 Å². The maximum Gasteiger partial charge on any atom is 0.404 e. The molecule has 3 heterocycles. The molecular formula is C33H50N8O9. The standard InChI is InChI=1S/C33H50N8O9/c1-13(2)9-19(38-28(44)16(6)34)30(46)37-17(7)29(45)39-20(10-14(3)4)31(47)41-21-11-40-24-22(26(43)23(35)15(5)25(24)42)18(12-50-32(36)48)33(40,49-8)27(21)41/h13-14,16-21,27H,9-12,34-35H2,1-8H3,(H2,36,48)(H,37,46)(H,38,44)(H,39,45)/t16?,17?,18-,19?,20?,21+,27+,33-,41?/m0/s1. The van der Waals surface area contributed by atoms with Gasteiger partial charge in [0, 0.05) is 24.8 Å². The summed E-state index contributed by atoms with van der Waals surface area (Å²) < 4.78 is 11.3. The first-order chi connectivity index (χ1) is 23.3. The molecule has 0 saturated carbocycles. The molecule has 0 spiro atoms. The van der Waals surface area contributed by atoms with Gasteiger partial charge in [0.15, 0.2) is 5.72 Å². The van der Waals surface area contributed by atoms with E-state index < -0.39 is 95.8 Å². The van der Waals surface area contributed by atoms with Gasteiger partial charge >= 0.3 is 6.09 Å². The summed E-state index contributed by atoms with van der Waals surface area (Å²) >= 11 is 0. The maximum absolute atomic E-state index is 14.2. The molecule has 2 fully saturated rings. The second-order valence-corrected chi connectivity index (χ2v) is 14.4. The second-order valence-electron chi connectivity index (χ2n) is 14.4. The molecule has 4 unspecified atom stereocenters. The lowest BCUT2D eigenvalue weighted by Gasteiger charge is -2.41. The van der Waals surface area contributed by atoms with E-state index in [2.05, 4.69) is 16.0 Å². The van der Waals surface area contributed by atoms with Gasteiger partial charge in [0.1, 0.15) is 30.8 Å². The lowest BCUT2D eigenvalue weighted by atomic mass is 9.82. The van der Waals surface area contributed by atoms with Crippen LogP contribution in [0.4, 0.5) is 4.79 Å². The number of Topliss-reactive ketones (excluding diaryl/α,β-unsaturated/α-hetero) is 2. The molecule has 1 aliphatic carbocycles. The van der Waals surface area contributed by atoms with Crippen molar-refractivity contribution in [1.82, 2.24) is 25.8 Å². The maximum atomic E-state index is 14.2. The highest BCUT2D eigenvalue weighted by molar-refractivity contribution is 6.25. The van der Waals surface area contributed by atoms with E-state index in [4.69, 9.17) is 26.7 Å². The van der Waals surface area contributed by atoms with Crippen LogP contribution in [-0.4, -0.2) is 113 Å².